The van der Waals surface area contributed by atoms with Gasteiger partial charge in [-0.3, -0.25) is 4.79 Å². The Morgan fingerprint density at radius 3 is 2.50 bits per heavy atom. The summed E-state index contributed by atoms with van der Waals surface area (Å²) in [5.74, 6) is 5.74. The number of carbonyl (C=O) groups excluding carboxylic acids is 1. The summed E-state index contributed by atoms with van der Waals surface area (Å²) in [7, 11) is 3.03. The Morgan fingerprint density at radius 1 is 1.12 bits per heavy atom. The Kier molecular flexibility index (Phi) is 5.82. The molecule has 0 spiro atoms. The first-order valence-corrected chi connectivity index (χ1v) is 7.17. The van der Waals surface area contributed by atoms with Gasteiger partial charge >= 0.3 is 0 Å². The molecule has 24 heavy (non-hydrogen) atoms. The number of benzene rings is 2. The molecule has 0 fully saturated rings. The lowest BCUT2D eigenvalue weighted by molar-refractivity contribution is -0.116. The molecule has 5 nitrogen and oxygen atoms in total. The molecule has 0 saturated carbocycles. The number of nitriles is 1. The normalized spacial score (nSPS) is 10.5. The molecule has 0 bridgehead atoms. The Morgan fingerprint density at radius 2 is 1.88 bits per heavy atom. The molecule has 0 saturated heterocycles. The summed E-state index contributed by atoms with van der Waals surface area (Å²) in [5.41, 5.74) is 1.26. The van der Waals surface area contributed by atoms with Crippen LogP contribution in [-0.4, -0.2) is 20.1 Å². The van der Waals surface area contributed by atoms with Gasteiger partial charge in [-0.2, -0.15) is 5.26 Å². The van der Waals surface area contributed by atoms with E-state index in [0.717, 1.165) is 5.56 Å². The van der Waals surface area contributed by atoms with Crippen molar-refractivity contribution < 1.29 is 14.3 Å². The SMILES string of the molecule is COc1ccc([C@H](C#N)NC(=O)C#Cc2ccccc2)c(OC)c1. The molecular formula is C19H16N2O3. The van der Waals surface area contributed by atoms with Crippen LogP contribution < -0.4 is 14.8 Å². The Labute approximate surface area is 140 Å². The summed E-state index contributed by atoms with van der Waals surface area (Å²) in [4.78, 5) is 12.0. The van der Waals surface area contributed by atoms with Gasteiger partial charge in [-0.1, -0.05) is 24.1 Å². The molecule has 2 aromatic rings. The van der Waals surface area contributed by atoms with E-state index in [2.05, 4.69) is 17.2 Å². The number of hydrogen-bond donors (Lipinski definition) is 1. The van der Waals surface area contributed by atoms with Gasteiger partial charge in [0.2, 0.25) is 0 Å². The fourth-order valence-electron chi connectivity index (χ4n) is 2.05. The van der Waals surface area contributed by atoms with Crippen LogP contribution in [0.4, 0.5) is 0 Å². The lowest BCUT2D eigenvalue weighted by Gasteiger charge is -2.14. The molecule has 1 amide bonds. The number of hydrogen-bond acceptors (Lipinski definition) is 4. The molecule has 0 unspecified atom stereocenters. The van der Waals surface area contributed by atoms with Crippen LogP contribution in [0, 0.1) is 23.2 Å². The van der Waals surface area contributed by atoms with E-state index in [1.165, 1.54) is 14.2 Å². The fourth-order valence-corrected chi connectivity index (χ4v) is 2.05. The third-order valence-electron chi connectivity index (χ3n) is 3.25. The van der Waals surface area contributed by atoms with Crippen LogP contribution in [0.25, 0.3) is 0 Å². The molecule has 0 aliphatic heterocycles. The predicted molar refractivity (Wildman–Crippen MR) is 89.4 cm³/mol. The average Bonchev–Trinajstić information content (AvgIpc) is 2.64. The molecule has 0 aliphatic rings. The van der Waals surface area contributed by atoms with E-state index in [9.17, 15) is 10.1 Å². The molecular weight excluding hydrogens is 304 g/mol. The van der Waals surface area contributed by atoms with Gasteiger partial charge in [-0.05, 0) is 24.3 Å². The number of carbonyl (C=O) groups is 1. The van der Waals surface area contributed by atoms with Gasteiger partial charge in [-0.15, -0.1) is 0 Å². The minimum Gasteiger partial charge on any atom is -0.497 e. The van der Waals surface area contributed by atoms with Crippen LogP contribution in [-0.2, 0) is 4.79 Å². The summed E-state index contributed by atoms with van der Waals surface area (Å²) < 4.78 is 10.4. The number of amides is 1. The minimum absolute atomic E-state index is 0.456. The van der Waals surface area contributed by atoms with Gasteiger partial charge in [0.05, 0.1) is 20.3 Å². The lowest BCUT2D eigenvalue weighted by atomic mass is 10.1. The highest BCUT2D eigenvalue weighted by Gasteiger charge is 2.18. The maximum Gasteiger partial charge on any atom is 0.297 e. The van der Waals surface area contributed by atoms with Crippen LogP contribution >= 0.6 is 0 Å². The van der Waals surface area contributed by atoms with Gasteiger partial charge < -0.3 is 14.8 Å². The molecule has 1 N–H and O–H groups in total. The molecule has 120 valence electrons. The van der Waals surface area contributed by atoms with Crippen molar-refractivity contribution in [1.29, 1.82) is 5.26 Å². The van der Waals surface area contributed by atoms with Gasteiger partial charge in [0.25, 0.3) is 5.91 Å². The zero-order valence-corrected chi connectivity index (χ0v) is 13.4. The molecule has 0 aliphatic carbocycles. The van der Waals surface area contributed by atoms with Crippen LogP contribution in [0.15, 0.2) is 48.5 Å². The van der Waals surface area contributed by atoms with Gasteiger partial charge in [-0.25, -0.2) is 0 Å². The zero-order chi connectivity index (χ0) is 17.4. The fraction of sp³-hybridized carbons (Fsp3) is 0.158. The predicted octanol–water partition coefficient (Wildman–Crippen LogP) is 2.44. The topological polar surface area (TPSA) is 71.3 Å². The van der Waals surface area contributed by atoms with Crippen molar-refractivity contribution in [2.75, 3.05) is 14.2 Å². The van der Waals surface area contributed by atoms with Crippen molar-refractivity contribution in [3.8, 4) is 29.4 Å². The van der Waals surface area contributed by atoms with Crippen molar-refractivity contribution in [3.63, 3.8) is 0 Å². The van der Waals surface area contributed by atoms with Crippen molar-refractivity contribution >= 4 is 5.91 Å². The van der Waals surface area contributed by atoms with Crippen LogP contribution in [0.1, 0.15) is 17.2 Å². The van der Waals surface area contributed by atoms with Crippen molar-refractivity contribution in [1.82, 2.24) is 5.32 Å². The molecule has 2 aromatic carbocycles. The molecule has 0 radical (unpaired) electrons. The van der Waals surface area contributed by atoms with Gasteiger partial charge in [0.1, 0.15) is 17.5 Å². The third kappa shape index (κ3) is 4.28. The lowest BCUT2D eigenvalue weighted by Crippen LogP contribution is -2.26. The quantitative estimate of drug-likeness (QED) is 0.878. The van der Waals surface area contributed by atoms with Crippen molar-refractivity contribution in [3.05, 3.63) is 59.7 Å². The van der Waals surface area contributed by atoms with Gasteiger partial charge in [0, 0.05) is 23.1 Å². The number of rotatable bonds is 4. The smallest absolute Gasteiger partial charge is 0.297 e. The maximum absolute atomic E-state index is 12.0. The zero-order valence-electron chi connectivity index (χ0n) is 13.4. The number of ether oxygens (including phenoxy) is 2. The first kappa shape index (κ1) is 16.9. The van der Waals surface area contributed by atoms with E-state index in [4.69, 9.17) is 9.47 Å². The summed E-state index contributed by atoms with van der Waals surface area (Å²) in [6.07, 6.45) is 0. The highest BCUT2D eigenvalue weighted by molar-refractivity contribution is 5.94. The van der Waals surface area contributed by atoms with E-state index >= 15 is 0 Å². The van der Waals surface area contributed by atoms with E-state index in [0.29, 0.717) is 17.1 Å². The molecule has 0 aromatic heterocycles. The number of nitrogens with zero attached hydrogens (tertiary/aromatic N) is 1. The Balaban J connectivity index is 2.17. The summed E-state index contributed by atoms with van der Waals surface area (Å²) in [6, 6.07) is 15.3. The first-order valence-electron chi connectivity index (χ1n) is 7.17. The standard InChI is InChI=1S/C19H16N2O3/c1-23-15-9-10-16(18(12-15)24-2)17(13-20)21-19(22)11-8-14-6-4-3-5-7-14/h3-7,9-10,12,17H,1-2H3,(H,21,22)/t17-/m0/s1. The molecule has 2 rings (SSSR count). The Bertz CT molecular complexity index is 814. The van der Waals surface area contributed by atoms with Crippen LogP contribution in [0.2, 0.25) is 0 Å². The van der Waals surface area contributed by atoms with Crippen LogP contribution in [0.5, 0.6) is 11.5 Å². The largest absolute Gasteiger partial charge is 0.497 e. The summed E-state index contributed by atoms with van der Waals surface area (Å²) >= 11 is 0. The second-order valence-electron chi connectivity index (χ2n) is 4.76. The van der Waals surface area contributed by atoms with Crippen molar-refractivity contribution in [2.45, 2.75) is 6.04 Å². The molecule has 1 atom stereocenters. The van der Waals surface area contributed by atoms with Gasteiger partial charge in [0.15, 0.2) is 0 Å². The van der Waals surface area contributed by atoms with Crippen molar-refractivity contribution in [2.24, 2.45) is 0 Å². The minimum atomic E-state index is -0.872. The molecule has 5 heteroatoms. The highest BCUT2D eigenvalue weighted by atomic mass is 16.5. The monoisotopic (exact) mass is 320 g/mol. The second-order valence-corrected chi connectivity index (χ2v) is 4.76. The van der Waals surface area contributed by atoms with E-state index in [1.807, 2.05) is 24.3 Å². The summed E-state index contributed by atoms with van der Waals surface area (Å²) in [6.45, 7) is 0. The number of nitrogens with one attached hydrogen (secondary N) is 1. The highest BCUT2D eigenvalue weighted by Crippen LogP contribution is 2.29. The average molecular weight is 320 g/mol. The third-order valence-corrected chi connectivity index (χ3v) is 3.25. The maximum atomic E-state index is 12.0. The van der Waals surface area contributed by atoms with E-state index in [-0.39, 0.29) is 0 Å². The Hall–Kier alpha value is -3.44. The summed E-state index contributed by atoms with van der Waals surface area (Å²) in [5, 5.41) is 11.9. The van der Waals surface area contributed by atoms with E-state index in [1.54, 1.807) is 30.3 Å². The molecule has 0 heterocycles. The van der Waals surface area contributed by atoms with Crippen LogP contribution in [0.3, 0.4) is 0 Å². The first-order chi connectivity index (χ1) is 11.7. The number of methoxy groups -OCH3 is 2. The second kappa shape index (κ2) is 8.26. The van der Waals surface area contributed by atoms with E-state index < -0.39 is 11.9 Å².